The van der Waals surface area contributed by atoms with Crippen molar-refractivity contribution in [2.45, 2.75) is 32.9 Å². The van der Waals surface area contributed by atoms with Crippen molar-refractivity contribution in [3.8, 4) is 0 Å². The van der Waals surface area contributed by atoms with E-state index in [9.17, 15) is 14.4 Å². The number of aryl methyl sites for hydroxylation is 2. The Hall–Kier alpha value is -3.35. The fourth-order valence-electron chi connectivity index (χ4n) is 3.73. The maximum absolute atomic E-state index is 12.9. The fraction of sp³-hybridized carbons (Fsp3) is 0.286. The average molecular weight is 378 g/mol. The molecule has 2 amide bonds. The van der Waals surface area contributed by atoms with Crippen molar-refractivity contribution in [3.05, 3.63) is 59.0 Å². The van der Waals surface area contributed by atoms with Crippen LogP contribution < -0.4 is 15.9 Å². The molecule has 0 spiro atoms. The Morgan fingerprint density at radius 2 is 1.61 bits per heavy atom. The van der Waals surface area contributed by atoms with Crippen molar-refractivity contribution in [1.82, 2.24) is 9.13 Å². The van der Waals surface area contributed by atoms with Crippen molar-refractivity contribution in [1.29, 1.82) is 0 Å². The Kier molecular flexibility index (Phi) is 4.73. The first-order chi connectivity index (χ1) is 13.6. The van der Waals surface area contributed by atoms with E-state index >= 15 is 0 Å². The molecule has 1 aliphatic rings. The minimum Gasteiger partial charge on any atom is -0.323 e. The molecule has 4 rings (SSSR count). The first kappa shape index (κ1) is 18.0. The molecule has 1 aromatic heterocycles. The summed E-state index contributed by atoms with van der Waals surface area (Å²) in [6.07, 6.45) is 0.994. The number of imidazole rings is 1. The van der Waals surface area contributed by atoms with Gasteiger partial charge in [-0.15, -0.1) is 0 Å². The van der Waals surface area contributed by atoms with Gasteiger partial charge >= 0.3 is 5.69 Å². The second-order valence-electron chi connectivity index (χ2n) is 6.87. The molecule has 2 aromatic carbocycles. The third kappa shape index (κ3) is 3.09. The topological polar surface area (TPSA) is 76.3 Å². The summed E-state index contributed by atoms with van der Waals surface area (Å²) in [5, 5.41) is 2.78. The molecule has 0 aliphatic carbocycles. The maximum atomic E-state index is 12.9. The Morgan fingerprint density at radius 1 is 0.964 bits per heavy atom. The molecule has 0 bridgehead atoms. The molecule has 0 radical (unpaired) electrons. The lowest BCUT2D eigenvalue weighted by Crippen LogP contribution is -2.42. The highest BCUT2D eigenvalue weighted by molar-refractivity contribution is 6.09. The molecule has 0 fully saturated rings. The highest BCUT2D eigenvalue weighted by Gasteiger charge is 2.26. The minimum absolute atomic E-state index is 0.0116. The summed E-state index contributed by atoms with van der Waals surface area (Å²) in [6, 6.07) is 14.9. The molecule has 1 N–H and O–H groups in total. The highest BCUT2D eigenvalue weighted by atomic mass is 16.2. The van der Waals surface area contributed by atoms with E-state index in [1.807, 2.05) is 49.4 Å². The van der Waals surface area contributed by atoms with Gasteiger partial charge in [-0.05, 0) is 30.7 Å². The van der Waals surface area contributed by atoms with Gasteiger partial charge in [-0.2, -0.15) is 0 Å². The zero-order chi connectivity index (χ0) is 19.7. The van der Waals surface area contributed by atoms with Crippen LogP contribution in [0.4, 0.5) is 11.4 Å². The molecule has 7 heteroatoms. The van der Waals surface area contributed by atoms with Crippen molar-refractivity contribution >= 4 is 34.2 Å². The van der Waals surface area contributed by atoms with E-state index in [4.69, 9.17) is 0 Å². The molecule has 0 unspecified atom stereocenters. The number of aromatic nitrogens is 2. The van der Waals surface area contributed by atoms with Crippen molar-refractivity contribution in [3.63, 3.8) is 0 Å². The minimum atomic E-state index is -0.219. The molecular weight excluding hydrogens is 356 g/mol. The lowest BCUT2D eigenvalue weighted by molar-refractivity contribution is -0.122. The first-order valence-electron chi connectivity index (χ1n) is 9.47. The van der Waals surface area contributed by atoms with Gasteiger partial charge in [0.1, 0.15) is 6.54 Å². The predicted molar refractivity (Wildman–Crippen MR) is 109 cm³/mol. The Balaban J connectivity index is 1.61. The standard InChI is InChI=1S/C21H22N4O3/c1-2-12-23-17-9-5-6-10-18(17)24(21(23)28)13-11-20(27)25-14-19(26)22-15-7-3-4-8-16(15)25/h3-10H,2,11-14H2,1H3,(H,22,26). The van der Waals surface area contributed by atoms with Crippen LogP contribution in [0.1, 0.15) is 19.8 Å². The average Bonchev–Trinajstić information content (AvgIpc) is 2.97. The monoisotopic (exact) mass is 378 g/mol. The molecule has 7 nitrogen and oxygen atoms in total. The van der Waals surface area contributed by atoms with E-state index in [1.165, 1.54) is 4.90 Å². The number of amides is 2. The zero-order valence-electron chi connectivity index (χ0n) is 15.7. The largest absolute Gasteiger partial charge is 0.329 e. The van der Waals surface area contributed by atoms with E-state index in [1.54, 1.807) is 15.2 Å². The summed E-state index contributed by atoms with van der Waals surface area (Å²) in [5.74, 6) is -0.398. The van der Waals surface area contributed by atoms with Crippen LogP contribution in [0, 0.1) is 0 Å². The van der Waals surface area contributed by atoms with Crippen molar-refractivity contribution in [2.75, 3.05) is 16.8 Å². The summed E-state index contributed by atoms with van der Waals surface area (Å²) in [5.41, 5.74) is 2.92. The molecule has 28 heavy (non-hydrogen) atoms. The number of benzene rings is 2. The Morgan fingerprint density at radius 3 is 2.32 bits per heavy atom. The zero-order valence-corrected chi connectivity index (χ0v) is 15.7. The molecule has 2 heterocycles. The van der Waals surface area contributed by atoms with Gasteiger partial charge in [0.25, 0.3) is 0 Å². The summed E-state index contributed by atoms with van der Waals surface area (Å²) < 4.78 is 3.41. The van der Waals surface area contributed by atoms with Crippen molar-refractivity contribution in [2.24, 2.45) is 0 Å². The van der Waals surface area contributed by atoms with Gasteiger partial charge in [0.2, 0.25) is 11.8 Å². The summed E-state index contributed by atoms with van der Waals surface area (Å²) in [6.45, 7) is 2.93. The third-order valence-corrected chi connectivity index (χ3v) is 4.99. The fourth-order valence-corrected chi connectivity index (χ4v) is 3.73. The number of anilines is 2. The van der Waals surface area contributed by atoms with Gasteiger partial charge in [0, 0.05) is 19.5 Å². The molecule has 144 valence electrons. The molecule has 0 saturated heterocycles. The number of carbonyl (C=O) groups is 2. The van der Waals surface area contributed by atoms with Crippen LogP contribution in [0.3, 0.4) is 0 Å². The SMILES string of the molecule is CCCn1c(=O)n(CCC(=O)N2CC(=O)Nc3ccccc32)c2ccccc21. The molecule has 0 saturated carbocycles. The van der Waals surface area contributed by atoms with Crippen LogP contribution in [0.5, 0.6) is 0 Å². The second kappa shape index (κ2) is 7.34. The van der Waals surface area contributed by atoms with Crippen molar-refractivity contribution < 1.29 is 9.59 Å². The van der Waals surface area contributed by atoms with Crippen LogP contribution in [0.15, 0.2) is 53.3 Å². The number of para-hydroxylation sites is 4. The predicted octanol–water partition coefficient (Wildman–Crippen LogP) is 2.59. The first-order valence-corrected chi connectivity index (χ1v) is 9.47. The van der Waals surface area contributed by atoms with Gasteiger partial charge in [-0.25, -0.2) is 4.79 Å². The second-order valence-corrected chi connectivity index (χ2v) is 6.87. The van der Waals surface area contributed by atoms with Crippen LogP contribution in [0.2, 0.25) is 0 Å². The molecule has 3 aromatic rings. The van der Waals surface area contributed by atoms with E-state index in [2.05, 4.69) is 5.32 Å². The number of carbonyl (C=O) groups excluding carboxylic acids is 2. The highest BCUT2D eigenvalue weighted by Crippen LogP contribution is 2.29. The van der Waals surface area contributed by atoms with Gasteiger partial charge in [-0.1, -0.05) is 31.2 Å². The van der Waals surface area contributed by atoms with E-state index in [0.717, 1.165) is 17.5 Å². The van der Waals surface area contributed by atoms with E-state index in [0.29, 0.717) is 17.9 Å². The quantitative estimate of drug-likeness (QED) is 0.741. The van der Waals surface area contributed by atoms with Gasteiger partial charge in [-0.3, -0.25) is 18.7 Å². The van der Waals surface area contributed by atoms with E-state index < -0.39 is 0 Å². The smallest absolute Gasteiger partial charge is 0.323 e. The number of fused-ring (bicyclic) bond motifs is 2. The normalized spacial score (nSPS) is 13.5. The lowest BCUT2D eigenvalue weighted by Gasteiger charge is -2.29. The van der Waals surface area contributed by atoms with Gasteiger partial charge < -0.3 is 10.2 Å². The van der Waals surface area contributed by atoms with Crippen LogP contribution in [0.25, 0.3) is 11.0 Å². The van der Waals surface area contributed by atoms with E-state index in [-0.39, 0.29) is 37.0 Å². The van der Waals surface area contributed by atoms with Crippen LogP contribution in [-0.2, 0) is 22.7 Å². The summed E-state index contributed by atoms with van der Waals surface area (Å²) >= 11 is 0. The summed E-state index contributed by atoms with van der Waals surface area (Å²) in [7, 11) is 0. The molecule has 0 atom stereocenters. The summed E-state index contributed by atoms with van der Waals surface area (Å²) in [4.78, 5) is 39.2. The van der Waals surface area contributed by atoms with Gasteiger partial charge in [0.05, 0.1) is 22.4 Å². The van der Waals surface area contributed by atoms with Crippen LogP contribution >= 0.6 is 0 Å². The lowest BCUT2D eigenvalue weighted by atomic mass is 10.2. The molecular formula is C21H22N4O3. The number of nitrogens with zero attached hydrogens (tertiary/aromatic N) is 3. The Labute approximate surface area is 162 Å². The van der Waals surface area contributed by atoms with Gasteiger partial charge in [0.15, 0.2) is 0 Å². The number of hydrogen-bond acceptors (Lipinski definition) is 3. The Bertz CT molecular complexity index is 1110. The number of hydrogen-bond donors (Lipinski definition) is 1. The molecule has 1 aliphatic heterocycles. The van der Waals surface area contributed by atoms with Crippen LogP contribution in [-0.4, -0.2) is 27.5 Å². The third-order valence-electron chi connectivity index (χ3n) is 4.99. The maximum Gasteiger partial charge on any atom is 0.329 e. The number of nitrogens with one attached hydrogen (secondary N) is 1. The number of rotatable bonds is 5.